The minimum absolute atomic E-state index is 0.0838. The smallest absolute Gasteiger partial charge is 0.251 e. The summed E-state index contributed by atoms with van der Waals surface area (Å²) in [6.07, 6.45) is 6.42. The fraction of sp³-hybridized carbons (Fsp3) is 0.412. The van der Waals surface area contributed by atoms with E-state index >= 15 is 0 Å². The molecule has 0 unspecified atom stereocenters. The maximum atomic E-state index is 12.0. The molecule has 0 saturated carbocycles. The summed E-state index contributed by atoms with van der Waals surface area (Å²) in [5.41, 5.74) is 0.644. The highest BCUT2D eigenvalue weighted by atomic mass is 79.9. The van der Waals surface area contributed by atoms with Gasteiger partial charge in [0.05, 0.1) is 6.54 Å². The summed E-state index contributed by atoms with van der Waals surface area (Å²) in [5.74, 6) is 0.720. The van der Waals surface area contributed by atoms with E-state index in [2.05, 4.69) is 49.0 Å². The van der Waals surface area contributed by atoms with Crippen LogP contribution in [0.4, 0.5) is 0 Å². The number of nitrogens with one attached hydrogen (secondary N) is 3. The summed E-state index contributed by atoms with van der Waals surface area (Å²) >= 11 is 3.37. The molecule has 0 heterocycles. The summed E-state index contributed by atoms with van der Waals surface area (Å²) in [6.45, 7) is 3.90. The Morgan fingerprint density at radius 1 is 1.30 bits per heavy atom. The van der Waals surface area contributed by atoms with Gasteiger partial charge in [-0.2, -0.15) is 0 Å². The van der Waals surface area contributed by atoms with Crippen LogP contribution >= 0.6 is 15.9 Å². The largest absolute Gasteiger partial charge is 0.357 e. The Balaban J connectivity index is 1.77. The molecule has 0 saturated heterocycles. The Morgan fingerprint density at radius 3 is 2.78 bits per heavy atom. The van der Waals surface area contributed by atoms with E-state index in [0.29, 0.717) is 24.7 Å². The van der Waals surface area contributed by atoms with Crippen molar-refractivity contribution in [3.63, 3.8) is 0 Å². The third-order valence-electron chi connectivity index (χ3n) is 3.45. The van der Waals surface area contributed by atoms with Crippen LogP contribution in [0.25, 0.3) is 0 Å². The molecule has 0 atom stereocenters. The summed E-state index contributed by atoms with van der Waals surface area (Å²) in [6, 6.07) is 7.76. The van der Waals surface area contributed by atoms with E-state index < -0.39 is 0 Å². The fourth-order valence-corrected chi connectivity index (χ4v) is 2.72. The van der Waals surface area contributed by atoms with Crippen LogP contribution in [0.5, 0.6) is 0 Å². The van der Waals surface area contributed by atoms with Crippen molar-refractivity contribution in [1.82, 2.24) is 16.0 Å². The Labute approximate surface area is 145 Å². The van der Waals surface area contributed by atoms with Crippen LogP contribution in [0, 0.1) is 0 Å². The van der Waals surface area contributed by atoms with Gasteiger partial charge in [0.1, 0.15) is 0 Å². The maximum Gasteiger partial charge on any atom is 0.251 e. The van der Waals surface area contributed by atoms with Crippen molar-refractivity contribution < 1.29 is 4.79 Å². The van der Waals surface area contributed by atoms with E-state index in [0.717, 1.165) is 29.8 Å². The van der Waals surface area contributed by atoms with Crippen LogP contribution in [0.1, 0.15) is 30.1 Å². The van der Waals surface area contributed by atoms with Gasteiger partial charge in [0, 0.05) is 29.2 Å². The van der Waals surface area contributed by atoms with E-state index in [9.17, 15) is 4.79 Å². The zero-order chi connectivity index (χ0) is 16.5. The van der Waals surface area contributed by atoms with E-state index in [4.69, 9.17) is 0 Å². The van der Waals surface area contributed by atoms with E-state index in [-0.39, 0.29) is 5.91 Å². The molecule has 124 valence electrons. The highest BCUT2D eigenvalue weighted by molar-refractivity contribution is 9.10. The molecule has 0 aliphatic heterocycles. The Hall–Kier alpha value is -1.82. The third kappa shape index (κ3) is 6.06. The molecule has 0 fully saturated rings. The number of guanidine groups is 1. The molecule has 0 radical (unpaired) electrons. The average molecular weight is 379 g/mol. The van der Waals surface area contributed by atoms with Crippen molar-refractivity contribution in [2.24, 2.45) is 4.99 Å². The highest BCUT2D eigenvalue weighted by Gasteiger charge is 2.11. The first-order valence-electron chi connectivity index (χ1n) is 7.92. The van der Waals surface area contributed by atoms with Gasteiger partial charge in [-0.15, -0.1) is 0 Å². The molecule has 1 aliphatic carbocycles. The lowest BCUT2D eigenvalue weighted by Gasteiger charge is -2.16. The zero-order valence-electron chi connectivity index (χ0n) is 13.3. The monoisotopic (exact) mass is 378 g/mol. The first-order chi connectivity index (χ1) is 11.2. The molecule has 6 heteroatoms. The van der Waals surface area contributed by atoms with Crippen molar-refractivity contribution in [2.75, 3.05) is 19.6 Å². The van der Waals surface area contributed by atoms with Gasteiger partial charge in [0.25, 0.3) is 5.91 Å². The van der Waals surface area contributed by atoms with Crippen LogP contribution < -0.4 is 16.0 Å². The number of rotatable bonds is 6. The number of aliphatic imine (C=N–C) groups is 1. The second-order valence-corrected chi connectivity index (χ2v) is 6.23. The summed E-state index contributed by atoms with van der Waals surface area (Å²) < 4.78 is 0.895. The summed E-state index contributed by atoms with van der Waals surface area (Å²) in [4.78, 5) is 16.5. The summed E-state index contributed by atoms with van der Waals surface area (Å²) in [7, 11) is 0. The van der Waals surface area contributed by atoms with E-state index in [1.807, 2.05) is 19.1 Å². The first-order valence-corrected chi connectivity index (χ1v) is 8.72. The van der Waals surface area contributed by atoms with Gasteiger partial charge in [-0.25, -0.2) is 0 Å². The van der Waals surface area contributed by atoms with Crippen LogP contribution in [0.2, 0.25) is 0 Å². The lowest BCUT2D eigenvalue weighted by Crippen LogP contribution is -2.43. The molecular weight excluding hydrogens is 356 g/mol. The van der Waals surface area contributed by atoms with Crippen LogP contribution in [-0.2, 0) is 0 Å². The van der Waals surface area contributed by atoms with Gasteiger partial charge in [0.15, 0.2) is 5.96 Å². The third-order valence-corrected chi connectivity index (χ3v) is 3.94. The van der Waals surface area contributed by atoms with Gasteiger partial charge in [-0.3, -0.25) is 9.79 Å². The first kappa shape index (κ1) is 17.5. The molecule has 1 amide bonds. The number of nitrogens with zero attached hydrogens (tertiary/aromatic N) is 1. The standard InChI is InChI=1S/C17H23BrN4O/c1-2-19-17(22-15-8-3-4-9-15)21-11-10-20-16(23)13-6-5-7-14(18)12-13/h3-7,12,15H,2,8-11H2,1H3,(H,20,23)(H2,19,21,22). The molecule has 0 bridgehead atoms. The van der Waals surface area contributed by atoms with Crippen molar-refractivity contribution in [2.45, 2.75) is 25.8 Å². The fourth-order valence-electron chi connectivity index (χ4n) is 2.32. The molecule has 1 aromatic rings. The molecule has 1 aliphatic rings. The predicted octanol–water partition coefficient (Wildman–Crippen LogP) is 2.45. The minimum Gasteiger partial charge on any atom is -0.357 e. The van der Waals surface area contributed by atoms with Gasteiger partial charge < -0.3 is 16.0 Å². The number of carbonyl (C=O) groups is 1. The molecule has 2 rings (SSSR count). The Bertz CT molecular complexity index is 578. The molecule has 3 N–H and O–H groups in total. The topological polar surface area (TPSA) is 65.5 Å². The van der Waals surface area contributed by atoms with Crippen LogP contribution in [-0.4, -0.2) is 37.5 Å². The Kier molecular flexibility index (Phi) is 7.13. The average Bonchev–Trinajstić information content (AvgIpc) is 3.04. The zero-order valence-corrected chi connectivity index (χ0v) is 14.9. The SMILES string of the molecule is CCNC(=NCCNC(=O)c1cccc(Br)c1)NC1CC=CC1. The van der Waals surface area contributed by atoms with E-state index in [1.54, 1.807) is 12.1 Å². The number of halogens is 1. The molecule has 1 aromatic carbocycles. The van der Waals surface area contributed by atoms with Gasteiger partial charge in [0.2, 0.25) is 0 Å². The number of amides is 1. The Morgan fingerprint density at radius 2 is 2.09 bits per heavy atom. The quantitative estimate of drug-likeness (QED) is 0.308. The van der Waals surface area contributed by atoms with Crippen molar-refractivity contribution >= 4 is 27.8 Å². The number of carbonyl (C=O) groups excluding carboxylic acids is 1. The lowest BCUT2D eigenvalue weighted by molar-refractivity contribution is 0.0954. The molecule has 0 spiro atoms. The van der Waals surface area contributed by atoms with Crippen molar-refractivity contribution in [3.8, 4) is 0 Å². The van der Waals surface area contributed by atoms with Gasteiger partial charge in [-0.05, 0) is 38.0 Å². The van der Waals surface area contributed by atoms with Crippen molar-refractivity contribution in [1.29, 1.82) is 0 Å². The molecule has 23 heavy (non-hydrogen) atoms. The number of benzene rings is 1. The van der Waals surface area contributed by atoms with E-state index in [1.165, 1.54) is 0 Å². The van der Waals surface area contributed by atoms with Gasteiger partial charge >= 0.3 is 0 Å². The minimum atomic E-state index is -0.0838. The van der Waals surface area contributed by atoms with Crippen molar-refractivity contribution in [3.05, 3.63) is 46.5 Å². The second kappa shape index (κ2) is 9.35. The summed E-state index contributed by atoms with van der Waals surface area (Å²) in [5, 5.41) is 9.51. The number of hydrogen-bond donors (Lipinski definition) is 3. The number of hydrogen-bond acceptors (Lipinski definition) is 2. The normalized spacial score (nSPS) is 14.8. The molecule has 0 aromatic heterocycles. The maximum absolute atomic E-state index is 12.0. The molecule has 5 nitrogen and oxygen atoms in total. The van der Waals surface area contributed by atoms with Crippen LogP contribution in [0.15, 0.2) is 45.9 Å². The highest BCUT2D eigenvalue weighted by Crippen LogP contribution is 2.11. The molecular formula is C17H23BrN4O. The lowest BCUT2D eigenvalue weighted by atomic mass is 10.2. The van der Waals surface area contributed by atoms with Crippen LogP contribution in [0.3, 0.4) is 0 Å². The van der Waals surface area contributed by atoms with Gasteiger partial charge in [-0.1, -0.05) is 34.1 Å². The predicted molar refractivity (Wildman–Crippen MR) is 97.8 cm³/mol. The second-order valence-electron chi connectivity index (χ2n) is 5.31.